The van der Waals surface area contributed by atoms with E-state index in [0.29, 0.717) is 29.1 Å². The molecule has 0 saturated heterocycles. The number of benzene rings is 1. The minimum Gasteiger partial charge on any atom is -0.481 e. The van der Waals surface area contributed by atoms with Gasteiger partial charge in [-0.1, -0.05) is 0 Å². The zero-order chi connectivity index (χ0) is 20.1. The molecule has 7 nitrogen and oxygen atoms in total. The number of carbonyl (C=O) groups is 2. The average Bonchev–Trinajstić information content (AvgIpc) is 2.62. The van der Waals surface area contributed by atoms with Crippen LogP contribution in [0.25, 0.3) is 11.0 Å². The molecule has 8 heteroatoms. The number of amides is 1. The smallest absolute Gasteiger partial charge is 0.339 e. The first-order valence-corrected chi connectivity index (χ1v) is 9.86. The fourth-order valence-corrected chi connectivity index (χ4v) is 3.01. The van der Waals surface area contributed by atoms with Crippen molar-refractivity contribution in [3.05, 3.63) is 39.7 Å². The highest BCUT2D eigenvalue weighted by molar-refractivity contribution is 7.98. The van der Waals surface area contributed by atoms with Gasteiger partial charge in [0.05, 0.1) is 0 Å². The standard InChI is InChI=1S/C19H23NO6S/c1-10-11(2)19(24)26-16-9-13(5-6-14(10)16)25-12(3)17(21)20-15(18(22)23)7-8-27-4/h5-6,9,12,15H,7-8H2,1-4H3,(H,20,21)(H,22,23)/t12?,15-/m1/s1. The molecule has 0 bridgehead atoms. The fraction of sp³-hybridized carbons (Fsp3) is 0.421. The van der Waals surface area contributed by atoms with E-state index >= 15 is 0 Å². The first kappa shape index (κ1) is 20.8. The van der Waals surface area contributed by atoms with Crippen molar-refractivity contribution in [3.8, 4) is 5.75 Å². The molecule has 0 radical (unpaired) electrons. The molecule has 2 rings (SSSR count). The molecule has 27 heavy (non-hydrogen) atoms. The van der Waals surface area contributed by atoms with Crippen LogP contribution in [0.2, 0.25) is 0 Å². The van der Waals surface area contributed by atoms with Gasteiger partial charge in [-0.2, -0.15) is 11.8 Å². The van der Waals surface area contributed by atoms with Crippen LogP contribution in [0.4, 0.5) is 0 Å². The second-order valence-electron chi connectivity index (χ2n) is 6.24. The number of hydrogen-bond donors (Lipinski definition) is 2. The van der Waals surface area contributed by atoms with E-state index in [1.165, 1.54) is 18.7 Å². The maximum atomic E-state index is 12.3. The maximum absolute atomic E-state index is 12.3. The van der Waals surface area contributed by atoms with E-state index in [-0.39, 0.29) is 0 Å². The average molecular weight is 393 g/mol. The van der Waals surface area contributed by atoms with Gasteiger partial charge in [-0.25, -0.2) is 9.59 Å². The lowest BCUT2D eigenvalue weighted by atomic mass is 10.1. The van der Waals surface area contributed by atoms with Crippen LogP contribution in [0.15, 0.2) is 27.4 Å². The van der Waals surface area contributed by atoms with Gasteiger partial charge in [-0.3, -0.25) is 4.79 Å². The molecular formula is C19H23NO6S. The van der Waals surface area contributed by atoms with Crippen LogP contribution >= 0.6 is 11.8 Å². The largest absolute Gasteiger partial charge is 0.481 e. The number of aryl methyl sites for hydroxylation is 1. The number of thioether (sulfide) groups is 1. The van der Waals surface area contributed by atoms with E-state index in [4.69, 9.17) is 9.15 Å². The van der Waals surface area contributed by atoms with Crippen molar-refractivity contribution < 1.29 is 23.8 Å². The quantitative estimate of drug-likeness (QED) is 0.664. The van der Waals surface area contributed by atoms with E-state index in [0.717, 1.165) is 10.9 Å². The van der Waals surface area contributed by atoms with Gasteiger partial charge < -0.3 is 19.6 Å². The summed E-state index contributed by atoms with van der Waals surface area (Å²) in [7, 11) is 0. The Morgan fingerprint density at radius 3 is 2.63 bits per heavy atom. The van der Waals surface area contributed by atoms with Crippen LogP contribution in [0, 0.1) is 13.8 Å². The van der Waals surface area contributed by atoms with Gasteiger partial charge in [0, 0.05) is 17.0 Å². The summed E-state index contributed by atoms with van der Waals surface area (Å²) in [4.78, 5) is 35.4. The zero-order valence-corrected chi connectivity index (χ0v) is 16.5. The monoisotopic (exact) mass is 393 g/mol. The molecule has 2 N–H and O–H groups in total. The van der Waals surface area contributed by atoms with Gasteiger partial charge in [0.25, 0.3) is 5.91 Å². The third kappa shape index (κ3) is 5.03. The summed E-state index contributed by atoms with van der Waals surface area (Å²) in [5.41, 5.74) is 1.34. The number of rotatable bonds is 8. The lowest BCUT2D eigenvalue weighted by Gasteiger charge is -2.19. The molecular weight excluding hydrogens is 370 g/mol. The Balaban J connectivity index is 2.13. The predicted octanol–water partition coefficient (Wildman–Crippen LogP) is 2.50. The van der Waals surface area contributed by atoms with Crippen molar-refractivity contribution in [2.75, 3.05) is 12.0 Å². The highest BCUT2D eigenvalue weighted by Gasteiger charge is 2.23. The van der Waals surface area contributed by atoms with Gasteiger partial charge in [-0.15, -0.1) is 0 Å². The molecule has 0 spiro atoms. The normalized spacial score (nSPS) is 13.2. The first-order chi connectivity index (χ1) is 12.7. The Labute approximate surface area is 161 Å². The number of carbonyl (C=O) groups excluding carboxylic acids is 1. The van der Waals surface area contributed by atoms with Gasteiger partial charge in [0.2, 0.25) is 0 Å². The molecule has 1 amide bonds. The molecule has 2 aromatic rings. The molecule has 0 saturated carbocycles. The minimum atomic E-state index is -1.08. The number of fused-ring (bicyclic) bond motifs is 1. The molecule has 1 aromatic heterocycles. The van der Waals surface area contributed by atoms with Crippen LogP contribution in [0.1, 0.15) is 24.5 Å². The number of carboxylic acids is 1. The number of aliphatic carboxylic acids is 1. The minimum absolute atomic E-state index is 0.328. The summed E-state index contributed by atoms with van der Waals surface area (Å²) in [5, 5.41) is 12.5. The zero-order valence-electron chi connectivity index (χ0n) is 15.7. The van der Waals surface area contributed by atoms with Crippen molar-refractivity contribution in [1.29, 1.82) is 0 Å². The second kappa shape index (κ2) is 8.94. The van der Waals surface area contributed by atoms with Crippen molar-refractivity contribution in [3.63, 3.8) is 0 Å². The Bertz CT molecular complexity index is 907. The van der Waals surface area contributed by atoms with Crippen molar-refractivity contribution in [1.82, 2.24) is 5.32 Å². The van der Waals surface area contributed by atoms with Gasteiger partial charge in [0.15, 0.2) is 6.10 Å². The Hall–Kier alpha value is -2.48. The summed E-state index contributed by atoms with van der Waals surface area (Å²) in [6.45, 7) is 5.07. The Morgan fingerprint density at radius 1 is 1.30 bits per heavy atom. The molecule has 2 atom stereocenters. The molecule has 0 aliphatic carbocycles. The number of nitrogens with one attached hydrogen (secondary N) is 1. The summed E-state index contributed by atoms with van der Waals surface area (Å²) in [6.07, 6.45) is 1.29. The van der Waals surface area contributed by atoms with Gasteiger partial charge >= 0.3 is 11.6 Å². The third-order valence-electron chi connectivity index (χ3n) is 4.34. The van der Waals surface area contributed by atoms with E-state index in [2.05, 4.69) is 5.32 Å². The number of hydrogen-bond acceptors (Lipinski definition) is 6. The topological polar surface area (TPSA) is 106 Å². The lowest BCUT2D eigenvalue weighted by Crippen LogP contribution is -2.46. The van der Waals surface area contributed by atoms with E-state index in [1.807, 2.05) is 13.2 Å². The Morgan fingerprint density at radius 2 is 2.00 bits per heavy atom. The maximum Gasteiger partial charge on any atom is 0.339 e. The molecule has 1 heterocycles. The Kier molecular flexibility index (Phi) is 6.90. The molecule has 1 aromatic carbocycles. The lowest BCUT2D eigenvalue weighted by molar-refractivity contribution is -0.142. The molecule has 0 fully saturated rings. The van der Waals surface area contributed by atoms with Crippen molar-refractivity contribution >= 4 is 34.6 Å². The number of ether oxygens (including phenoxy) is 1. The summed E-state index contributed by atoms with van der Waals surface area (Å²) < 4.78 is 10.9. The summed E-state index contributed by atoms with van der Waals surface area (Å²) in [6, 6.07) is 4.03. The molecule has 0 aliphatic heterocycles. The second-order valence-corrected chi connectivity index (χ2v) is 7.22. The first-order valence-electron chi connectivity index (χ1n) is 8.47. The van der Waals surface area contributed by atoms with E-state index in [1.54, 1.807) is 25.1 Å². The highest BCUT2D eigenvalue weighted by Crippen LogP contribution is 2.24. The molecule has 0 aliphatic rings. The third-order valence-corrected chi connectivity index (χ3v) is 4.98. The SMILES string of the molecule is CSCC[C@@H](NC(=O)C(C)Oc1ccc2c(C)c(C)c(=O)oc2c1)C(=O)O. The molecule has 146 valence electrons. The fourth-order valence-electron chi connectivity index (χ4n) is 2.54. The van der Waals surface area contributed by atoms with Crippen LogP contribution in [0.5, 0.6) is 5.75 Å². The number of carboxylic acid groups (broad SMARTS) is 1. The van der Waals surface area contributed by atoms with Gasteiger partial charge in [0.1, 0.15) is 17.4 Å². The van der Waals surface area contributed by atoms with Crippen LogP contribution in [-0.4, -0.2) is 41.1 Å². The van der Waals surface area contributed by atoms with Crippen LogP contribution in [0.3, 0.4) is 0 Å². The molecule has 1 unspecified atom stereocenters. The van der Waals surface area contributed by atoms with E-state index < -0.39 is 29.6 Å². The predicted molar refractivity (Wildman–Crippen MR) is 105 cm³/mol. The van der Waals surface area contributed by atoms with Gasteiger partial charge in [-0.05, 0) is 56.9 Å². The van der Waals surface area contributed by atoms with Crippen molar-refractivity contribution in [2.24, 2.45) is 0 Å². The van der Waals surface area contributed by atoms with Crippen molar-refractivity contribution in [2.45, 2.75) is 39.3 Å². The summed E-state index contributed by atoms with van der Waals surface area (Å²) >= 11 is 1.51. The summed E-state index contributed by atoms with van der Waals surface area (Å²) in [5.74, 6) is -0.629. The van der Waals surface area contributed by atoms with E-state index in [9.17, 15) is 19.5 Å². The van der Waals surface area contributed by atoms with Crippen LogP contribution in [-0.2, 0) is 9.59 Å². The van der Waals surface area contributed by atoms with Crippen LogP contribution < -0.4 is 15.7 Å². The highest BCUT2D eigenvalue weighted by atomic mass is 32.2.